The van der Waals surface area contributed by atoms with Gasteiger partial charge in [0.25, 0.3) is 5.91 Å². The molecule has 2 heterocycles. The molecule has 7 nitrogen and oxygen atoms in total. The highest BCUT2D eigenvalue weighted by Crippen LogP contribution is 2.38. The maximum Gasteiger partial charge on any atom is 0.325 e. The van der Waals surface area contributed by atoms with Gasteiger partial charge in [0.2, 0.25) is 5.91 Å². The molecule has 8 heteroatoms. The lowest BCUT2D eigenvalue weighted by Crippen LogP contribution is -2.54. The van der Waals surface area contributed by atoms with E-state index in [1.54, 1.807) is 0 Å². The van der Waals surface area contributed by atoms with Crippen LogP contribution in [0.25, 0.3) is 11.3 Å². The summed E-state index contributed by atoms with van der Waals surface area (Å²) in [5.74, 6) is -0.650. The number of nitrogens with one attached hydrogen (secondary N) is 2. The van der Waals surface area contributed by atoms with Crippen LogP contribution in [0.15, 0.2) is 29.6 Å². The van der Waals surface area contributed by atoms with E-state index in [1.165, 1.54) is 16.9 Å². The first kappa shape index (κ1) is 20.5. The molecule has 2 aromatic rings. The lowest BCUT2D eigenvalue weighted by Gasteiger charge is -2.36. The molecule has 1 aliphatic carbocycles. The third kappa shape index (κ3) is 3.71. The Balaban J connectivity index is 1.41. The van der Waals surface area contributed by atoms with Gasteiger partial charge in [-0.2, -0.15) is 0 Å². The van der Waals surface area contributed by atoms with Crippen LogP contribution in [0, 0.1) is 5.92 Å². The second-order valence-electron chi connectivity index (χ2n) is 8.08. The minimum Gasteiger partial charge on any atom is -0.323 e. The van der Waals surface area contributed by atoms with Crippen LogP contribution in [-0.4, -0.2) is 39.8 Å². The molecule has 1 aromatic heterocycles. The van der Waals surface area contributed by atoms with Crippen LogP contribution in [0.5, 0.6) is 0 Å². The van der Waals surface area contributed by atoms with Crippen molar-refractivity contribution in [3.8, 4) is 11.3 Å². The number of imide groups is 1. The van der Waals surface area contributed by atoms with Crippen molar-refractivity contribution in [2.75, 3.05) is 11.9 Å². The third-order valence-corrected chi connectivity index (χ3v) is 6.97. The van der Waals surface area contributed by atoms with Gasteiger partial charge in [-0.05, 0) is 30.7 Å². The summed E-state index contributed by atoms with van der Waals surface area (Å²) >= 11 is 1.32. The highest BCUT2D eigenvalue weighted by atomic mass is 32.1. The Morgan fingerprint density at radius 2 is 2.07 bits per heavy atom. The molecule has 1 spiro atoms. The largest absolute Gasteiger partial charge is 0.325 e. The second-order valence-corrected chi connectivity index (χ2v) is 8.93. The Kier molecular flexibility index (Phi) is 5.60. The summed E-state index contributed by atoms with van der Waals surface area (Å²) in [7, 11) is 0. The van der Waals surface area contributed by atoms with E-state index >= 15 is 0 Å². The molecule has 4 rings (SSSR count). The molecular formula is C22H26N4O3S. The summed E-state index contributed by atoms with van der Waals surface area (Å²) in [6.07, 6.45) is 4.45. The maximum absolute atomic E-state index is 13.0. The summed E-state index contributed by atoms with van der Waals surface area (Å²) in [5, 5.41) is 7.91. The minimum absolute atomic E-state index is 0.0661. The van der Waals surface area contributed by atoms with Crippen molar-refractivity contribution in [1.82, 2.24) is 15.2 Å². The molecular weight excluding hydrogens is 400 g/mol. The van der Waals surface area contributed by atoms with Gasteiger partial charge in [0.15, 0.2) is 5.13 Å². The second kappa shape index (κ2) is 8.18. The molecule has 4 amide bonds. The number of aromatic nitrogens is 1. The summed E-state index contributed by atoms with van der Waals surface area (Å²) in [6.45, 7) is 3.79. The molecule has 2 atom stereocenters. The van der Waals surface area contributed by atoms with Crippen molar-refractivity contribution >= 4 is 34.3 Å². The molecule has 1 saturated heterocycles. The summed E-state index contributed by atoms with van der Waals surface area (Å²) < 4.78 is 0. The van der Waals surface area contributed by atoms with Crippen molar-refractivity contribution in [3.05, 3.63) is 35.2 Å². The molecule has 0 bridgehead atoms. The Hall–Kier alpha value is -2.74. The van der Waals surface area contributed by atoms with Gasteiger partial charge in [-0.15, -0.1) is 11.3 Å². The van der Waals surface area contributed by atoms with Gasteiger partial charge >= 0.3 is 6.03 Å². The number of urea groups is 1. The van der Waals surface area contributed by atoms with Gasteiger partial charge < -0.3 is 10.6 Å². The topological polar surface area (TPSA) is 91.4 Å². The summed E-state index contributed by atoms with van der Waals surface area (Å²) in [4.78, 5) is 43.4. The molecule has 2 fully saturated rings. The average molecular weight is 427 g/mol. The fourth-order valence-corrected chi connectivity index (χ4v) is 5.05. The van der Waals surface area contributed by atoms with Crippen LogP contribution in [0.3, 0.4) is 0 Å². The van der Waals surface area contributed by atoms with Crippen LogP contribution in [0.4, 0.5) is 9.93 Å². The molecule has 2 aliphatic rings. The first-order valence-corrected chi connectivity index (χ1v) is 11.3. The molecule has 0 unspecified atom stereocenters. The fraction of sp³-hybridized carbons (Fsp3) is 0.455. The number of rotatable bonds is 5. The van der Waals surface area contributed by atoms with E-state index < -0.39 is 17.5 Å². The van der Waals surface area contributed by atoms with Gasteiger partial charge in [-0.25, -0.2) is 9.78 Å². The van der Waals surface area contributed by atoms with Gasteiger partial charge in [0.1, 0.15) is 12.1 Å². The number of thiazole rings is 1. The predicted molar refractivity (Wildman–Crippen MR) is 116 cm³/mol. The quantitative estimate of drug-likeness (QED) is 0.711. The standard InChI is InChI=1S/C22H26N4O3S/c1-3-15-7-9-16(10-8-15)17-13-30-20(23-17)24-18(27)12-26-19(28)22(25-21(26)29)11-5-4-6-14(22)2/h7-10,13-14H,3-6,11-12H2,1-2H3,(H,25,29)(H,23,24,27)/t14-,22+/m0/s1. The van der Waals surface area contributed by atoms with Crippen LogP contribution in [0.2, 0.25) is 0 Å². The number of amides is 4. The lowest BCUT2D eigenvalue weighted by atomic mass is 9.73. The highest BCUT2D eigenvalue weighted by Gasteiger charge is 2.55. The summed E-state index contributed by atoms with van der Waals surface area (Å²) in [6, 6.07) is 7.66. The fourth-order valence-electron chi connectivity index (χ4n) is 4.32. The van der Waals surface area contributed by atoms with Crippen LogP contribution >= 0.6 is 11.3 Å². The SMILES string of the molecule is CCc1ccc(-c2csc(NC(=O)CN3C(=O)N[C@@]4(CCCC[C@@H]4C)C3=O)n2)cc1. The van der Waals surface area contributed by atoms with E-state index in [1.807, 2.05) is 24.4 Å². The highest BCUT2D eigenvalue weighted by molar-refractivity contribution is 7.14. The number of aryl methyl sites for hydroxylation is 1. The van der Waals surface area contributed by atoms with Gasteiger partial charge in [0, 0.05) is 10.9 Å². The first-order valence-electron chi connectivity index (χ1n) is 10.4. The van der Waals surface area contributed by atoms with E-state index in [4.69, 9.17) is 0 Å². The molecule has 30 heavy (non-hydrogen) atoms. The Morgan fingerprint density at radius 1 is 1.30 bits per heavy atom. The van der Waals surface area contributed by atoms with Crippen molar-refractivity contribution in [2.45, 2.75) is 51.5 Å². The molecule has 1 aromatic carbocycles. The Morgan fingerprint density at radius 3 is 2.77 bits per heavy atom. The monoisotopic (exact) mass is 426 g/mol. The molecule has 158 valence electrons. The Labute approximate surface area is 179 Å². The molecule has 1 saturated carbocycles. The molecule has 1 aliphatic heterocycles. The number of carbonyl (C=O) groups is 3. The lowest BCUT2D eigenvalue weighted by molar-refractivity contribution is -0.136. The smallest absolute Gasteiger partial charge is 0.323 e. The zero-order valence-corrected chi connectivity index (χ0v) is 18.1. The van der Waals surface area contributed by atoms with Crippen LogP contribution in [0.1, 0.15) is 45.1 Å². The van der Waals surface area contributed by atoms with Crippen molar-refractivity contribution in [2.24, 2.45) is 5.92 Å². The van der Waals surface area contributed by atoms with Crippen molar-refractivity contribution in [1.29, 1.82) is 0 Å². The number of hydrogen-bond donors (Lipinski definition) is 2. The predicted octanol–water partition coefficient (Wildman–Crippen LogP) is 3.81. The van der Waals surface area contributed by atoms with E-state index in [-0.39, 0.29) is 18.4 Å². The van der Waals surface area contributed by atoms with Gasteiger partial charge in [0.05, 0.1) is 5.69 Å². The third-order valence-electron chi connectivity index (χ3n) is 6.21. The first-order chi connectivity index (χ1) is 14.4. The van der Waals surface area contributed by atoms with Gasteiger partial charge in [-0.3, -0.25) is 14.5 Å². The van der Waals surface area contributed by atoms with Crippen molar-refractivity contribution < 1.29 is 14.4 Å². The van der Waals surface area contributed by atoms with Crippen LogP contribution in [-0.2, 0) is 16.0 Å². The zero-order chi connectivity index (χ0) is 21.3. The normalized spacial score (nSPS) is 23.7. The van der Waals surface area contributed by atoms with Gasteiger partial charge in [-0.1, -0.05) is 51.0 Å². The number of hydrogen-bond acceptors (Lipinski definition) is 5. The number of anilines is 1. The van der Waals surface area contributed by atoms with Crippen molar-refractivity contribution in [3.63, 3.8) is 0 Å². The summed E-state index contributed by atoms with van der Waals surface area (Å²) in [5.41, 5.74) is 2.16. The number of carbonyl (C=O) groups excluding carboxylic acids is 3. The zero-order valence-electron chi connectivity index (χ0n) is 17.2. The Bertz CT molecular complexity index is 971. The minimum atomic E-state index is -0.853. The van der Waals surface area contributed by atoms with E-state index in [9.17, 15) is 14.4 Å². The van der Waals surface area contributed by atoms with Crippen LogP contribution < -0.4 is 10.6 Å². The maximum atomic E-state index is 13.0. The number of benzene rings is 1. The van der Waals surface area contributed by atoms with E-state index in [0.717, 1.165) is 41.8 Å². The number of nitrogens with zero attached hydrogens (tertiary/aromatic N) is 2. The van der Waals surface area contributed by atoms with E-state index in [2.05, 4.69) is 34.7 Å². The molecule has 2 N–H and O–H groups in total. The average Bonchev–Trinajstić information content (AvgIpc) is 3.29. The van der Waals surface area contributed by atoms with E-state index in [0.29, 0.717) is 11.6 Å². The molecule has 0 radical (unpaired) electrons.